The van der Waals surface area contributed by atoms with Crippen LogP contribution in [0.3, 0.4) is 0 Å². The van der Waals surface area contributed by atoms with Crippen LogP contribution in [0.25, 0.3) is 0 Å². The molecule has 3 N–H and O–H groups in total. The van der Waals surface area contributed by atoms with Crippen molar-refractivity contribution < 1.29 is 19.4 Å². The van der Waals surface area contributed by atoms with E-state index in [0.717, 1.165) is 6.42 Å². The number of nitrogens with zero attached hydrogens (tertiary/aromatic N) is 2. The lowest BCUT2D eigenvalue weighted by molar-refractivity contribution is -0.152. The van der Waals surface area contributed by atoms with E-state index in [1.165, 1.54) is 13.8 Å². The summed E-state index contributed by atoms with van der Waals surface area (Å²) in [5.41, 5.74) is -0.479. The van der Waals surface area contributed by atoms with Crippen LogP contribution in [0.15, 0.2) is 29.1 Å². The van der Waals surface area contributed by atoms with Crippen LogP contribution in [-0.2, 0) is 17.8 Å². The highest BCUT2D eigenvalue weighted by atomic mass is 16.5. The number of nitrogens with one attached hydrogen (secondary N) is 2. The quantitative estimate of drug-likeness (QED) is 0.429. The molecule has 0 amide bonds. The Morgan fingerprint density at radius 2 is 1.84 bits per heavy atom. The largest absolute Gasteiger partial charge is 0.492 e. The molecule has 0 aliphatic rings. The van der Waals surface area contributed by atoms with E-state index in [0.29, 0.717) is 53.8 Å². The zero-order chi connectivity index (χ0) is 23.9. The summed E-state index contributed by atoms with van der Waals surface area (Å²) in [6, 6.07) is 6.64. The molecule has 0 unspecified atom stereocenters. The summed E-state index contributed by atoms with van der Waals surface area (Å²) in [4.78, 5) is 28.8. The first-order chi connectivity index (χ1) is 15.1. The van der Waals surface area contributed by atoms with Crippen LogP contribution in [-0.4, -0.2) is 45.6 Å². The first kappa shape index (κ1) is 24.9. The molecule has 32 heavy (non-hydrogen) atoms. The highest BCUT2D eigenvalue weighted by Gasteiger charge is 2.29. The average Bonchev–Trinajstić information content (AvgIpc) is 2.75. The van der Waals surface area contributed by atoms with Crippen molar-refractivity contribution in [2.75, 3.05) is 19.0 Å². The van der Waals surface area contributed by atoms with Crippen LogP contribution in [0.1, 0.15) is 52.1 Å². The van der Waals surface area contributed by atoms with E-state index in [-0.39, 0.29) is 12.2 Å². The number of aromatic nitrogens is 2. The lowest BCUT2D eigenvalue weighted by Crippen LogP contribution is -2.37. The van der Waals surface area contributed by atoms with E-state index in [2.05, 4.69) is 10.3 Å². The van der Waals surface area contributed by atoms with Gasteiger partial charge in [-0.05, 0) is 44.5 Å². The Morgan fingerprint density at radius 3 is 2.38 bits per heavy atom. The van der Waals surface area contributed by atoms with Crippen molar-refractivity contribution in [2.45, 2.75) is 59.1 Å². The number of ether oxygens (including phenoxy) is 2. The van der Waals surface area contributed by atoms with Gasteiger partial charge in [0.1, 0.15) is 35.3 Å². The predicted molar refractivity (Wildman–Crippen MR) is 123 cm³/mol. The maximum Gasteiger partial charge on any atom is 0.347 e. The Balaban J connectivity index is 2.13. The van der Waals surface area contributed by atoms with Crippen LogP contribution >= 0.6 is 0 Å². The number of carboxylic acid groups (broad SMARTS) is 1. The summed E-state index contributed by atoms with van der Waals surface area (Å²) >= 11 is 0. The SMILES string of the molecule is CCCC(=N)c1nc(CC)n(CCOc2ccc(OC(C)(C)C(=O)O)cc2)c(=O)c1NC. The third-order valence-corrected chi connectivity index (χ3v) is 4.90. The zero-order valence-electron chi connectivity index (χ0n) is 19.3. The molecule has 2 aromatic rings. The van der Waals surface area contributed by atoms with Gasteiger partial charge in [0.2, 0.25) is 0 Å². The molecular weight excluding hydrogens is 412 g/mol. The van der Waals surface area contributed by atoms with Gasteiger partial charge >= 0.3 is 5.97 Å². The van der Waals surface area contributed by atoms with Crippen molar-refractivity contribution in [1.29, 1.82) is 5.41 Å². The van der Waals surface area contributed by atoms with Gasteiger partial charge in [0, 0.05) is 13.5 Å². The summed E-state index contributed by atoms with van der Waals surface area (Å²) in [6.45, 7) is 7.40. The van der Waals surface area contributed by atoms with Gasteiger partial charge in [0.05, 0.1) is 12.3 Å². The van der Waals surface area contributed by atoms with Crippen LogP contribution in [0.5, 0.6) is 11.5 Å². The van der Waals surface area contributed by atoms with Gasteiger partial charge in [-0.15, -0.1) is 0 Å². The highest BCUT2D eigenvalue weighted by molar-refractivity contribution is 6.00. The second kappa shape index (κ2) is 10.8. The van der Waals surface area contributed by atoms with Gasteiger partial charge in [-0.1, -0.05) is 20.3 Å². The summed E-state index contributed by atoms with van der Waals surface area (Å²) in [5, 5.41) is 20.3. The van der Waals surface area contributed by atoms with Crippen molar-refractivity contribution in [3.63, 3.8) is 0 Å². The Kier molecular flexibility index (Phi) is 8.40. The monoisotopic (exact) mass is 444 g/mol. The number of carboxylic acids is 1. The molecule has 0 fully saturated rings. The van der Waals surface area contributed by atoms with E-state index in [9.17, 15) is 9.59 Å². The summed E-state index contributed by atoms with van der Waals surface area (Å²) < 4.78 is 12.8. The smallest absolute Gasteiger partial charge is 0.347 e. The molecule has 1 heterocycles. The fourth-order valence-electron chi connectivity index (χ4n) is 3.11. The molecule has 9 heteroatoms. The van der Waals surface area contributed by atoms with E-state index in [4.69, 9.17) is 20.0 Å². The number of hydrogen-bond acceptors (Lipinski definition) is 7. The van der Waals surface area contributed by atoms with Crippen molar-refractivity contribution >= 4 is 17.4 Å². The Hall–Kier alpha value is -3.36. The molecule has 0 radical (unpaired) electrons. The average molecular weight is 445 g/mol. The van der Waals surface area contributed by atoms with E-state index < -0.39 is 11.6 Å². The van der Waals surface area contributed by atoms with E-state index in [1.807, 2.05) is 13.8 Å². The molecule has 1 aromatic heterocycles. The molecule has 0 aliphatic carbocycles. The lowest BCUT2D eigenvalue weighted by Gasteiger charge is -2.21. The maximum absolute atomic E-state index is 13.0. The number of aryl methyl sites for hydroxylation is 1. The number of rotatable bonds is 12. The first-order valence-electron chi connectivity index (χ1n) is 10.7. The minimum absolute atomic E-state index is 0.224. The number of anilines is 1. The van der Waals surface area contributed by atoms with Crippen molar-refractivity contribution in [3.8, 4) is 11.5 Å². The Bertz CT molecular complexity index is 1010. The molecule has 0 spiro atoms. The predicted octanol–water partition coefficient (Wildman–Crippen LogP) is 3.34. The van der Waals surface area contributed by atoms with Gasteiger partial charge in [-0.2, -0.15) is 0 Å². The molecule has 174 valence electrons. The number of hydrogen-bond donors (Lipinski definition) is 3. The minimum Gasteiger partial charge on any atom is -0.492 e. The first-order valence-corrected chi connectivity index (χ1v) is 10.7. The third kappa shape index (κ3) is 5.87. The van der Waals surface area contributed by atoms with Crippen LogP contribution in [0.4, 0.5) is 5.69 Å². The molecule has 0 aliphatic heterocycles. The standard InChI is InChI=1S/C23H32N4O5/c1-6-8-17(24)19-20(25-5)21(28)27(18(7-2)26-19)13-14-31-15-9-11-16(12-10-15)32-23(3,4)22(29)30/h9-12,24-25H,6-8,13-14H2,1-5H3,(H,29,30). The molecule has 0 saturated heterocycles. The van der Waals surface area contributed by atoms with Gasteiger partial charge in [-0.25, -0.2) is 9.78 Å². The van der Waals surface area contributed by atoms with Gasteiger partial charge < -0.3 is 25.3 Å². The van der Waals surface area contributed by atoms with E-state index >= 15 is 0 Å². The van der Waals surface area contributed by atoms with E-state index in [1.54, 1.807) is 35.9 Å². The van der Waals surface area contributed by atoms with Crippen molar-refractivity contribution in [3.05, 3.63) is 46.1 Å². The third-order valence-electron chi connectivity index (χ3n) is 4.90. The normalized spacial score (nSPS) is 11.2. The molecule has 0 saturated carbocycles. The number of aliphatic carboxylic acids is 1. The summed E-state index contributed by atoms with van der Waals surface area (Å²) in [5.74, 6) is 0.537. The zero-order valence-corrected chi connectivity index (χ0v) is 19.3. The van der Waals surface area contributed by atoms with Crippen LogP contribution < -0.4 is 20.3 Å². The Morgan fingerprint density at radius 1 is 1.22 bits per heavy atom. The minimum atomic E-state index is -1.34. The molecule has 2 rings (SSSR count). The number of carbonyl (C=O) groups is 1. The lowest BCUT2D eigenvalue weighted by atomic mass is 10.1. The van der Waals surface area contributed by atoms with Crippen LogP contribution in [0, 0.1) is 5.41 Å². The topological polar surface area (TPSA) is 127 Å². The van der Waals surface area contributed by atoms with Crippen molar-refractivity contribution in [1.82, 2.24) is 9.55 Å². The summed E-state index contributed by atoms with van der Waals surface area (Å²) in [7, 11) is 1.66. The maximum atomic E-state index is 13.0. The second-order valence-electron chi connectivity index (χ2n) is 7.78. The van der Waals surface area contributed by atoms with Gasteiger partial charge in [0.25, 0.3) is 5.56 Å². The second-order valence-corrected chi connectivity index (χ2v) is 7.78. The molecule has 9 nitrogen and oxygen atoms in total. The molecule has 1 aromatic carbocycles. The summed E-state index contributed by atoms with van der Waals surface area (Å²) in [6.07, 6.45) is 1.91. The number of benzene rings is 1. The fraction of sp³-hybridized carbons (Fsp3) is 0.478. The Labute approximate surface area is 187 Å². The fourth-order valence-corrected chi connectivity index (χ4v) is 3.11. The van der Waals surface area contributed by atoms with Crippen molar-refractivity contribution in [2.24, 2.45) is 0 Å². The molecule has 0 atom stereocenters. The van der Waals surface area contributed by atoms with Crippen LogP contribution in [0.2, 0.25) is 0 Å². The van der Waals surface area contributed by atoms with Gasteiger partial charge in [-0.3, -0.25) is 9.36 Å². The van der Waals surface area contributed by atoms with Gasteiger partial charge in [0.15, 0.2) is 5.60 Å². The highest BCUT2D eigenvalue weighted by Crippen LogP contribution is 2.22. The molecular formula is C23H32N4O5. The molecule has 0 bridgehead atoms.